The first-order valence-corrected chi connectivity index (χ1v) is 8.16. The number of rotatable bonds is 4. The minimum Gasteiger partial charge on any atom is -0.497 e. The smallest absolute Gasteiger partial charge is 0.308 e. The van der Waals surface area contributed by atoms with Crippen LogP contribution in [-0.4, -0.2) is 37.5 Å². The lowest BCUT2D eigenvalue weighted by atomic mass is 9.82. The maximum absolute atomic E-state index is 12.6. The van der Waals surface area contributed by atoms with Crippen LogP contribution in [0.15, 0.2) is 18.2 Å². The molecule has 1 amide bonds. The van der Waals surface area contributed by atoms with Gasteiger partial charge < -0.3 is 14.4 Å². The van der Waals surface area contributed by atoms with Crippen LogP contribution in [-0.2, 0) is 16.1 Å². The summed E-state index contributed by atoms with van der Waals surface area (Å²) >= 11 is 0. The highest BCUT2D eigenvalue weighted by atomic mass is 16.5. The number of hydrogen-bond acceptors (Lipinski definition) is 4. The Labute approximate surface area is 136 Å². The van der Waals surface area contributed by atoms with Crippen molar-refractivity contribution >= 4 is 11.9 Å². The summed E-state index contributed by atoms with van der Waals surface area (Å²) < 4.78 is 10.0. The van der Waals surface area contributed by atoms with Gasteiger partial charge in [-0.3, -0.25) is 9.59 Å². The number of carbonyl (C=O) groups is 2. The zero-order valence-electron chi connectivity index (χ0n) is 13.7. The summed E-state index contributed by atoms with van der Waals surface area (Å²) in [6, 6.07) is 5.70. The number of ether oxygens (including phenoxy) is 2. The molecule has 1 aliphatic heterocycles. The van der Waals surface area contributed by atoms with Crippen molar-refractivity contribution in [3.8, 4) is 5.75 Å². The first-order chi connectivity index (χ1) is 11.1. The number of carbonyl (C=O) groups excluding carboxylic acids is 2. The molecular weight excluding hydrogens is 294 g/mol. The van der Waals surface area contributed by atoms with E-state index in [-0.39, 0.29) is 17.8 Å². The summed E-state index contributed by atoms with van der Waals surface area (Å²) in [5.41, 5.74) is 1.83. The molecule has 0 N–H and O–H groups in total. The second-order valence-electron chi connectivity index (χ2n) is 6.45. The van der Waals surface area contributed by atoms with Crippen LogP contribution in [0.2, 0.25) is 0 Å². The molecular formula is C18H23NO4. The van der Waals surface area contributed by atoms with Crippen LogP contribution in [0.1, 0.15) is 41.6 Å². The number of amides is 1. The van der Waals surface area contributed by atoms with Crippen molar-refractivity contribution in [1.29, 1.82) is 0 Å². The Balaban J connectivity index is 1.58. The van der Waals surface area contributed by atoms with Crippen LogP contribution in [0.4, 0.5) is 0 Å². The largest absolute Gasteiger partial charge is 0.497 e. The van der Waals surface area contributed by atoms with E-state index in [9.17, 15) is 9.59 Å². The molecule has 124 valence electrons. The SMILES string of the molecule is COC(=O)C1CCC(CN2Cc3ccc(OC)cc3C2=O)CC1. The highest BCUT2D eigenvalue weighted by Crippen LogP contribution is 2.33. The van der Waals surface area contributed by atoms with Gasteiger partial charge in [-0.25, -0.2) is 0 Å². The average molecular weight is 317 g/mol. The first kappa shape index (κ1) is 15.8. The molecule has 0 saturated heterocycles. The van der Waals surface area contributed by atoms with Gasteiger partial charge in [0, 0.05) is 18.7 Å². The lowest BCUT2D eigenvalue weighted by molar-refractivity contribution is -0.146. The predicted octanol–water partition coefficient (Wildman–Crippen LogP) is 2.63. The standard InChI is InChI=1S/C18H23NO4/c1-22-15-8-7-14-11-19(17(20)16(14)9-15)10-12-3-5-13(6-4-12)18(21)23-2/h7-9,12-13H,3-6,10-11H2,1-2H3. The van der Waals surface area contributed by atoms with Crippen molar-refractivity contribution in [3.63, 3.8) is 0 Å². The Kier molecular flexibility index (Phi) is 4.55. The van der Waals surface area contributed by atoms with Crippen molar-refractivity contribution < 1.29 is 19.1 Å². The van der Waals surface area contributed by atoms with Crippen LogP contribution >= 0.6 is 0 Å². The molecule has 0 aromatic heterocycles. The molecule has 0 bridgehead atoms. The van der Waals surface area contributed by atoms with Crippen molar-refractivity contribution in [2.45, 2.75) is 32.2 Å². The molecule has 23 heavy (non-hydrogen) atoms. The lowest BCUT2D eigenvalue weighted by Gasteiger charge is -2.30. The van der Waals surface area contributed by atoms with E-state index in [0.29, 0.717) is 12.5 Å². The van der Waals surface area contributed by atoms with Crippen LogP contribution in [0.5, 0.6) is 5.75 Å². The molecule has 1 fully saturated rings. The van der Waals surface area contributed by atoms with Gasteiger partial charge in [-0.1, -0.05) is 6.07 Å². The maximum atomic E-state index is 12.6. The minimum absolute atomic E-state index is 0.0342. The number of methoxy groups -OCH3 is 2. The molecule has 0 atom stereocenters. The van der Waals surface area contributed by atoms with Gasteiger partial charge in [0.25, 0.3) is 5.91 Å². The molecule has 1 aliphatic carbocycles. The van der Waals surface area contributed by atoms with Crippen LogP contribution in [0, 0.1) is 11.8 Å². The van der Waals surface area contributed by atoms with Gasteiger partial charge in [-0.15, -0.1) is 0 Å². The zero-order chi connectivity index (χ0) is 16.4. The maximum Gasteiger partial charge on any atom is 0.308 e. The summed E-state index contributed by atoms with van der Waals surface area (Å²) in [5.74, 6) is 1.22. The van der Waals surface area contributed by atoms with E-state index in [1.54, 1.807) is 7.11 Å². The molecule has 1 aromatic rings. The normalized spacial score (nSPS) is 23.6. The van der Waals surface area contributed by atoms with Crippen LogP contribution in [0.25, 0.3) is 0 Å². The van der Waals surface area contributed by atoms with Gasteiger partial charge in [0.1, 0.15) is 5.75 Å². The topological polar surface area (TPSA) is 55.8 Å². The first-order valence-electron chi connectivity index (χ1n) is 8.16. The summed E-state index contributed by atoms with van der Waals surface area (Å²) in [7, 11) is 3.06. The molecule has 0 radical (unpaired) electrons. The van der Waals surface area contributed by atoms with Crippen molar-refractivity contribution in [3.05, 3.63) is 29.3 Å². The van der Waals surface area contributed by atoms with E-state index in [1.165, 1.54) is 7.11 Å². The Bertz CT molecular complexity index is 605. The molecule has 5 nitrogen and oxygen atoms in total. The molecule has 5 heteroatoms. The van der Waals surface area contributed by atoms with E-state index in [4.69, 9.17) is 9.47 Å². The highest BCUT2D eigenvalue weighted by molar-refractivity contribution is 5.98. The average Bonchev–Trinajstić information content (AvgIpc) is 2.90. The van der Waals surface area contributed by atoms with Gasteiger partial charge in [0.2, 0.25) is 0 Å². The Morgan fingerprint density at radius 2 is 1.96 bits per heavy atom. The highest BCUT2D eigenvalue weighted by Gasteiger charge is 2.32. The third-order valence-corrected chi connectivity index (χ3v) is 5.06. The Hall–Kier alpha value is -2.04. The van der Waals surface area contributed by atoms with Crippen molar-refractivity contribution in [2.75, 3.05) is 20.8 Å². The van der Waals surface area contributed by atoms with Crippen molar-refractivity contribution in [2.24, 2.45) is 11.8 Å². The predicted molar refractivity (Wildman–Crippen MR) is 85.2 cm³/mol. The molecule has 2 aliphatic rings. The molecule has 3 rings (SSSR count). The van der Waals surface area contributed by atoms with Gasteiger partial charge in [0.05, 0.1) is 20.1 Å². The van der Waals surface area contributed by atoms with E-state index < -0.39 is 0 Å². The fraction of sp³-hybridized carbons (Fsp3) is 0.556. The van der Waals surface area contributed by atoms with Crippen LogP contribution in [0.3, 0.4) is 0 Å². The summed E-state index contributed by atoms with van der Waals surface area (Å²) in [6.45, 7) is 1.44. The minimum atomic E-state index is -0.0970. The van der Waals surface area contributed by atoms with E-state index in [1.807, 2.05) is 23.1 Å². The molecule has 1 saturated carbocycles. The monoisotopic (exact) mass is 317 g/mol. The summed E-state index contributed by atoms with van der Waals surface area (Å²) in [5, 5.41) is 0. The Morgan fingerprint density at radius 1 is 1.22 bits per heavy atom. The number of esters is 1. The van der Waals surface area contributed by atoms with E-state index in [0.717, 1.165) is 49.1 Å². The zero-order valence-corrected chi connectivity index (χ0v) is 13.7. The fourth-order valence-corrected chi connectivity index (χ4v) is 3.67. The summed E-state index contributed by atoms with van der Waals surface area (Å²) in [4.78, 5) is 26.1. The number of nitrogens with zero attached hydrogens (tertiary/aromatic N) is 1. The van der Waals surface area contributed by atoms with E-state index >= 15 is 0 Å². The number of benzene rings is 1. The third kappa shape index (κ3) is 3.19. The quantitative estimate of drug-likeness (QED) is 0.801. The second-order valence-corrected chi connectivity index (χ2v) is 6.45. The lowest BCUT2D eigenvalue weighted by Crippen LogP contribution is -2.33. The molecule has 1 aromatic carbocycles. The number of fused-ring (bicyclic) bond motifs is 1. The second kappa shape index (κ2) is 6.60. The Morgan fingerprint density at radius 3 is 2.61 bits per heavy atom. The summed E-state index contributed by atoms with van der Waals surface area (Å²) in [6.07, 6.45) is 3.67. The van der Waals surface area contributed by atoms with Gasteiger partial charge in [-0.2, -0.15) is 0 Å². The van der Waals surface area contributed by atoms with Crippen molar-refractivity contribution in [1.82, 2.24) is 4.90 Å². The molecule has 1 heterocycles. The van der Waals surface area contributed by atoms with Gasteiger partial charge >= 0.3 is 5.97 Å². The third-order valence-electron chi connectivity index (χ3n) is 5.06. The van der Waals surface area contributed by atoms with E-state index in [2.05, 4.69) is 0 Å². The number of hydrogen-bond donors (Lipinski definition) is 0. The van der Waals surface area contributed by atoms with Crippen LogP contribution < -0.4 is 4.74 Å². The fourth-order valence-electron chi connectivity index (χ4n) is 3.67. The molecule has 0 unspecified atom stereocenters. The van der Waals surface area contributed by atoms with Gasteiger partial charge in [-0.05, 0) is 49.3 Å². The van der Waals surface area contributed by atoms with Gasteiger partial charge in [0.15, 0.2) is 0 Å². The molecule has 0 spiro atoms.